The normalized spacial score (nSPS) is 10.6. The van der Waals surface area contributed by atoms with E-state index in [1.807, 2.05) is 31.2 Å². The first-order chi connectivity index (χ1) is 14.9. The van der Waals surface area contributed by atoms with Crippen molar-refractivity contribution < 1.29 is 19.4 Å². The van der Waals surface area contributed by atoms with Crippen molar-refractivity contribution in [3.63, 3.8) is 0 Å². The fourth-order valence-electron chi connectivity index (χ4n) is 2.88. The van der Waals surface area contributed by atoms with Crippen LogP contribution in [0.4, 0.5) is 5.69 Å². The Labute approximate surface area is 195 Å². The SMILES string of the molecule is CCOc1cc(CNc2ccc(C(=O)O)c(Cl)c2)c(Cl)cc1OCc1cccc(Cl)c1. The number of halogens is 3. The predicted octanol–water partition coefficient (Wildman–Crippen LogP) is 6.93. The highest BCUT2D eigenvalue weighted by Crippen LogP contribution is 2.35. The standard InChI is InChI=1S/C23H20Cl3NO4/c1-2-30-21-9-15(12-27-17-6-7-18(23(28)29)20(26)10-17)19(25)11-22(21)31-13-14-4-3-5-16(24)8-14/h3-11,27H,2,12-13H2,1H3,(H,28,29). The first-order valence-electron chi connectivity index (χ1n) is 9.46. The third-order valence-electron chi connectivity index (χ3n) is 4.38. The van der Waals surface area contributed by atoms with Crippen molar-refractivity contribution in [3.05, 3.63) is 86.4 Å². The number of hydrogen-bond acceptors (Lipinski definition) is 4. The minimum Gasteiger partial charge on any atom is -0.490 e. The van der Waals surface area contributed by atoms with Crippen LogP contribution in [-0.2, 0) is 13.2 Å². The van der Waals surface area contributed by atoms with Crippen LogP contribution >= 0.6 is 34.8 Å². The molecule has 8 heteroatoms. The quantitative estimate of drug-likeness (QED) is 0.347. The second kappa shape index (κ2) is 10.6. The Hall–Kier alpha value is -2.60. The summed E-state index contributed by atoms with van der Waals surface area (Å²) in [5.41, 5.74) is 2.44. The molecule has 0 aliphatic heterocycles. The van der Waals surface area contributed by atoms with E-state index in [0.29, 0.717) is 47.0 Å². The number of rotatable bonds is 9. The Morgan fingerprint density at radius 1 is 0.968 bits per heavy atom. The van der Waals surface area contributed by atoms with E-state index in [9.17, 15) is 4.79 Å². The molecule has 0 saturated heterocycles. The number of anilines is 1. The maximum atomic E-state index is 11.1. The number of hydrogen-bond donors (Lipinski definition) is 2. The van der Waals surface area contributed by atoms with Crippen LogP contribution < -0.4 is 14.8 Å². The average molecular weight is 481 g/mol. The van der Waals surface area contributed by atoms with Gasteiger partial charge in [0, 0.05) is 28.3 Å². The smallest absolute Gasteiger partial charge is 0.337 e. The number of carbonyl (C=O) groups is 1. The van der Waals surface area contributed by atoms with E-state index in [-0.39, 0.29) is 10.6 Å². The molecule has 0 spiro atoms. The zero-order chi connectivity index (χ0) is 22.4. The van der Waals surface area contributed by atoms with Crippen LogP contribution in [0.1, 0.15) is 28.4 Å². The number of aromatic carboxylic acids is 1. The first kappa shape index (κ1) is 23.1. The van der Waals surface area contributed by atoms with E-state index >= 15 is 0 Å². The van der Waals surface area contributed by atoms with Crippen molar-refractivity contribution in [1.82, 2.24) is 0 Å². The molecule has 0 heterocycles. The lowest BCUT2D eigenvalue weighted by molar-refractivity contribution is 0.0697. The van der Waals surface area contributed by atoms with Crippen molar-refractivity contribution in [1.29, 1.82) is 0 Å². The average Bonchev–Trinajstić information content (AvgIpc) is 2.72. The van der Waals surface area contributed by atoms with Crippen LogP contribution in [-0.4, -0.2) is 17.7 Å². The number of nitrogens with one attached hydrogen (secondary N) is 1. The van der Waals surface area contributed by atoms with Crippen molar-refractivity contribution in [2.24, 2.45) is 0 Å². The van der Waals surface area contributed by atoms with Crippen molar-refractivity contribution in [2.45, 2.75) is 20.1 Å². The summed E-state index contributed by atoms with van der Waals surface area (Å²) in [6.07, 6.45) is 0. The molecule has 0 fully saturated rings. The molecule has 0 bridgehead atoms. The van der Waals surface area contributed by atoms with Crippen LogP contribution in [0.2, 0.25) is 15.1 Å². The third-order valence-corrected chi connectivity index (χ3v) is 5.28. The van der Waals surface area contributed by atoms with Gasteiger partial charge in [-0.15, -0.1) is 0 Å². The molecule has 0 unspecified atom stereocenters. The van der Waals surface area contributed by atoms with Gasteiger partial charge in [0.15, 0.2) is 11.5 Å². The van der Waals surface area contributed by atoms with Gasteiger partial charge in [-0.1, -0.05) is 46.9 Å². The molecule has 0 aromatic heterocycles. The maximum absolute atomic E-state index is 11.1. The topological polar surface area (TPSA) is 67.8 Å². The molecule has 31 heavy (non-hydrogen) atoms. The van der Waals surface area contributed by atoms with Crippen molar-refractivity contribution >= 4 is 46.5 Å². The molecule has 3 rings (SSSR count). The lowest BCUT2D eigenvalue weighted by atomic mass is 10.1. The van der Waals surface area contributed by atoms with Gasteiger partial charge in [-0.25, -0.2) is 4.79 Å². The van der Waals surface area contributed by atoms with Crippen LogP contribution in [0.5, 0.6) is 11.5 Å². The van der Waals surface area contributed by atoms with Crippen LogP contribution in [0.15, 0.2) is 54.6 Å². The van der Waals surface area contributed by atoms with Crippen LogP contribution in [0.3, 0.4) is 0 Å². The summed E-state index contributed by atoms with van der Waals surface area (Å²) < 4.78 is 11.7. The molecule has 0 atom stereocenters. The largest absolute Gasteiger partial charge is 0.490 e. The van der Waals surface area contributed by atoms with E-state index in [4.69, 9.17) is 49.4 Å². The lowest BCUT2D eigenvalue weighted by Gasteiger charge is -2.16. The highest BCUT2D eigenvalue weighted by molar-refractivity contribution is 6.33. The van der Waals surface area contributed by atoms with Gasteiger partial charge >= 0.3 is 5.97 Å². The van der Waals surface area contributed by atoms with Gasteiger partial charge in [0.05, 0.1) is 17.2 Å². The number of benzene rings is 3. The molecule has 162 valence electrons. The molecule has 3 aromatic rings. The summed E-state index contributed by atoms with van der Waals surface area (Å²) in [7, 11) is 0. The summed E-state index contributed by atoms with van der Waals surface area (Å²) in [4.78, 5) is 11.1. The van der Waals surface area contributed by atoms with Gasteiger partial charge in [0.25, 0.3) is 0 Å². The molecular formula is C23H20Cl3NO4. The fourth-order valence-corrected chi connectivity index (χ4v) is 3.57. The molecule has 0 radical (unpaired) electrons. The monoisotopic (exact) mass is 479 g/mol. The van der Waals surface area contributed by atoms with E-state index < -0.39 is 5.97 Å². The Kier molecular flexibility index (Phi) is 7.91. The second-order valence-corrected chi connectivity index (χ2v) is 7.85. The summed E-state index contributed by atoms with van der Waals surface area (Å²) in [5, 5.41) is 13.6. The zero-order valence-corrected chi connectivity index (χ0v) is 18.9. The van der Waals surface area contributed by atoms with Crippen molar-refractivity contribution in [3.8, 4) is 11.5 Å². The van der Waals surface area contributed by atoms with Gasteiger partial charge in [-0.3, -0.25) is 0 Å². The number of ether oxygens (including phenoxy) is 2. The first-order valence-corrected chi connectivity index (χ1v) is 10.6. The minimum absolute atomic E-state index is 0.0464. The molecule has 2 N–H and O–H groups in total. The van der Waals surface area contributed by atoms with Crippen molar-refractivity contribution in [2.75, 3.05) is 11.9 Å². The van der Waals surface area contributed by atoms with Crippen LogP contribution in [0, 0.1) is 0 Å². The summed E-state index contributed by atoms with van der Waals surface area (Å²) in [6.45, 7) is 3.06. The lowest BCUT2D eigenvalue weighted by Crippen LogP contribution is -2.05. The molecule has 0 saturated carbocycles. The maximum Gasteiger partial charge on any atom is 0.337 e. The Morgan fingerprint density at radius 2 is 1.74 bits per heavy atom. The Bertz CT molecular complexity index is 1090. The van der Waals surface area contributed by atoms with E-state index in [0.717, 1.165) is 11.1 Å². The zero-order valence-electron chi connectivity index (χ0n) is 16.6. The van der Waals surface area contributed by atoms with E-state index in [1.165, 1.54) is 6.07 Å². The molecule has 5 nitrogen and oxygen atoms in total. The highest BCUT2D eigenvalue weighted by atomic mass is 35.5. The summed E-state index contributed by atoms with van der Waals surface area (Å²) >= 11 is 18.5. The summed E-state index contributed by atoms with van der Waals surface area (Å²) in [6, 6.07) is 15.6. The minimum atomic E-state index is -1.07. The van der Waals surface area contributed by atoms with Gasteiger partial charge in [0.1, 0.15) is 6.61 Å². The molecule has 0 aliphatic rings. The number of carboxylic acid groups (broad SMARTS) is 1. The Morgan fingerprint density at radius 3 is 2.42 bits per heavy atom. The van der Waals surface area contributed by atoms with Crippen LogP contribution in [0.25, 0.3) is 0 Å². The third kappa shape index (κ3) is 6.20. The molecule has 0 aliphatic carbocycles. The Balaban J connectivity index is 1.74. The van der Waals surface area contributed by atoms with Gasteiger partial charge in [-0.05, 0) is 54.4 Å². The second-order valence-electron chi connectivity index (χ2n) is 6.60. The highest BCUT2D eigenvalue weighted by Gasteiger charge is 2.13. The van der Waals surface area contributed by atoms with E-state index in [1.54, 1.807) is 24.3 Å². The predicted molar refractivity (Wildman–Crippen MR) is 124 cm³/mol. The molecule has 3 aromatic carbocycles. The van der Waals surface area contributed by atoms with E-state index in [2.05, 4.69) is 5.32 Å². The van der Waals surface area contributed by atoms with Gasteiger partial charge in [-0.2, -0.15) is 0 Å². The number of carboxylic acids is 1. The molecule has 0 amide bonds. The molecular weight excluding hydrogens is 461 g/mol. The van der Waals surface area contributed by atoms with Gasteiger partial charge < -0.3 is 19.9 Å². The summed E-state index contributed by atoms with van der Waals surface area (Å²) in [5.74, 6) is 0.0312. The van der Waals surface area contributed by atoms with Gasteiger partial charge in [0.2, 0.25) is 0 Å². The fraction of sp³-hybridized carbons (Fsp3) is 0.174.